The van der Waals surface area contributed by atoms with Gasteiger partial charge < -0.3 is 18.9 Å². The van der Waals surface area contributed by atoms with Crippen LogP contribution in [0.5, 0.6) is 17.5 Å². The van der Waals surface area contributed by atoms with E-state index in [-0.39, 0.29) is 25.3 Å². The molecule has 144 valence electrons. The normalized spacial score (nSPS) is 12.2. The van der Waals surface area contributed by atoms with Gasteiger partial charge in [0.25, 0.3) is 5.91 Å². The summed E-state index contributed by atoms with van der Waals surface area (Å²) in [6.45, 7) is 0.788. The summed E-state index contributed by atoms with van der Waals surface area (Å²) in [6, 6.07) is 11.9. The number of hydrogen-bond acceptors (Lipinski definition) is 7. The van der Waals surface area contributed by atoms with Crippen LogP contribution < -0.4 is 14.2 Å². The largest absolute Gasteiger partial charge is 0.460 e. The molecule has 0 saturated heterocycles. The number of aromatic nitrogens is 3. The van der Waals surface area contributed by atoms with Gasteiger partial charge in [-0.3, -0.25) is 4.79 Å². The van der Waals surface area contributed by atoms with Gasteiger partial charge in [-0.1, -0.05) is 11.6 Å². The van der Waals surface area contributed by atoms with Gasteiger partial charge in [0.15, 0.2) is 17.3 Å². The summed E-state index contributed by atoms with van der Waals surface area (Å²) in [5.74, 6) is 1.17. The lowest BCUT2D eigenvalue weighted by Crippen LogP contribution is -2.15. The van der Waals surface area contributed by atoms with Crippen molar-refractivity contribution < 1.29 is 23.7 Å². The molecule has 0 saturated carbocycles. The van der Waals surface area contributed by atoms with Gasteiger partial charge in [-0.15, -0.1) is 5.10 Å². The minimum atomic E-state index is -0.363. The van der Waals surface area contributed by atoms with Gasteiger partial charge >= 0.3 is 6.01 Å². The Balaban J connectivity index is 1.73. The van der Waals surface area contributed by atoms with E-state index < -0.39 is 0 Å². The highest BCUT2D eigenvalue weighted by Gasteiger charge is 2.22. The number of carbonyl (C=O) groups is 1. The first-order valence-electron chi connectivity index (χ1n) is 8.45. The Morgan fingerprint density at radius 3 is 2.71 bits per heavy atom. The fourth-order valence-electron chi connectivity index (χ4n) is 2.65. The summed E-state index contributed by atoms with van der Waals surface area (Å²) in [7, 11) is 1.57. The van der Waals surface area contributed by atoms with E-state index in [4.69, 9.17) is 30.5 Å². The lowest BCUT2D eigenvalue weighted by atomic mass is 10.1. The van der Waals surface area contributed by atoms with Crippen molar-refractivity contribution in [3.8, 4) is 28.9 Å². The van der Waals surface area contributed by atoms with Crippen LogP contribution >= 0.6 is 11.6 Å². The highest BCUT2D eigenvalue weighted by atomic mass is 35.5. The molecule has 0 bridgehead atoms. The molecule has 0 fully saturated rings. The Kier molecular flexibility index (Phi) is 5.14. The topological polar surface area (TPSA) is 84.7 Å². The van der Waals surface area contributed by atoms with Crippen LogP contribution in [0.1, 0.15) is 10.4 Å². The molecule has 0 N–H and O–H groups in total. The molecule has 3 aromatic rings. The average Bonchev–Trinajstić information content (AvgIpc) is 3.34. The zero-order valence-corrected chi connectivity index (χ0v) is 15.7. The molecule has 9 heteroatoms. The van der Waals surface area contributed by atoms with Gasteiger partial charge in [0, 0.05) is 23.3 Å². The van der Waals surface area contributed by atoms with Crippen LogP contribution in [0.3, 0.4) is 0 Å². The lowest BCUT2D eigenvalue weighted by Gasteiger charge is -2.05. The fraction of sp³-hybridized carbons (Fsp3) is 0.211. The third-order valence-electron chi connectivity index (χ3n) is 4.02. The zero-order chi connectivity index (χ0) is 19.5. The van der Waals surface area contributed by atoms with Crippen molar-refractivity contribution in [1.82, 2.24) is 14.8 Å². The smallest absolute Gasteiger partial charge is 0.336 e. The van der Waals surface area contributed by atoms with Crippen molar-refractivity contribution in [3.05, 3.63) is 53.1 Å². The number of rotatable bonds is 6. The van der Waals surface area contributed by atoms with Crippen molar-refractivity contribution in [2.75, 3.05) is 27.1 Å². The van der Waals surface area contributed by atoms with E-state index in [1.165, 1.54) is 4.68 Å². The first-order valence-corrected chi connectivity index (χ1v) is 8.82. The molecule has 8 nitrogen and oxygen atoms in total. The molecule has 0 unspecified atom stereocenters. The highest BCUT2D eigenvalue weighted by Crippen LogP contribution is 2.36. The second-order valence-corrected chi connectivity index (χ2v) is 6.29. The summed E-state index contributed by atoms with van der Waals surface area (Å²) >= 11 is 5.92. The van der Waals surface area contributed by atoms with Crippen molar-refractivity contribution in [3.63, 3.8) is 0 Å². The van der Waals surface area contributed by atoms with Crippen LogP contribution in [-0.2, 0) is 4.74 Å². The molecule has 0 aliphatic carbocycles. The summed E-state index contributed by atoms with van der Waals surface area (Å²) in [6.07, 6.45) is 0. The second kappa shape index (κ2) is 7.87. The molecular weight excluding hydrogens is 386 g/mol. The molecule has 28 heavy (non-hydrogen) atoms. The molecule has 0 spiro atoms. The van der Waals surface area contributed by atoms with E-state index in [0.29, 0.717) is 40.1 Å². The van der Waals surface area contributed by atoms with Gasteiger partial charge in [0.05, 0.1) is 6.61 Å². The molecule has 0 atom stereocenters. The van der Waals surface area contributed by atoms with Crippen molar-refractivity contribution >= 4 is 17.5 Å². The molecule has 4 rings (SSSR count). The Hall–Kier alpha value is -3.10. The Labute approximate surface area is 165 Å². The summed E-state index contributed by atoms with van der Waals surface area (Å²) in [5.41, 5.74) is 1.06. The van der Waals surface area contributed by atoms with E-state index >= 15 is 0 Å². The number of benzene rings is 2. The van der Waals surface area contributed by atoms with E-state index in [9.17, 15) is 4.79 Å². The Bertz CT molecular complexity index is 1000. The van der Waals surface area contributed by atoms with Crippen molar-refractivity contribution in [1.29, 1.82) is 0 Å². The van der Waals surface area contributed by atoms with Crippen LogP contribution in [0.25, 0.3) is 11.4 Å². The minimum absolute atomic E-state index is 0.0760. The Morgan fingerprint density at radius 2 is 1.93 bits per heavy atom. The maximum Gasteiger partial charge on any atom is 0.336 e. The van der Waals surface area contributed by atoms with Gasteiger partial charge in [-0.25, -0.2) is 0 Å². The number of nitrogens with zero attached hydrogens (tertiary/aromatic N) is 3. The van der Waals surface area contributed by atoms with Crippen LogP contribution in [0, 0.1) is 0 Å². The maximum atomic E-state index is 13.0. The summed E-state index contributed by atoms with van der Waals surface area (Å²) in [4.78, 5) is 17.4. The molecule has 0 radical (unpaired) electrons. The molecule has 2 heterocycles. The third-order valence-corrected chi connectivity index (χ3v) is 4.27. The predicted octanol–water partition coefficient (Wildman–Crippen LogP) is 3.04. The van der Waals surface area contributed by atoms with Gasteiger partial charge in [0.2, 0.25) is 6.79 Å². The molecule has 0 amide bonds. The molecule has 1 aliphatic heterocycles. The van der Waals surface area contributed by atoms with E-state index in [1.54, 1.807) is 49.6 Å². The van der Waals surface area contributed by atoms with Crippen LogP contribution in [-0.4, -0.2) is 47.8 Å². The van der Waals surface area contributed by atoms with Crippen LogP contribution in [0.4, 0.5) is 0 Å². The number of hydrogen-bond donors (Lipinski definition) is 0. The Morgan fingerprint density at radius 1 is 1.14 bits per heavy atom. The number of fused-ring (bicyclic) bond motifs is 1. The first kappa shape index (κ1) is 18.3. The number of halogens is 1. The highest BCUT2D eigenvalue weighted by molar-refractivity contribution is 6.30. The standard InChI is InChI=1S/C19H16ClN3O5/c1-25-8-9-26-19-21-17(13-4-7-15-16(10-13)28-11-27-15)23(22-19)18(24)12-2-5-14(20)6-3-12/h2-7,10H,8-9,11H2,1H3. The second-order valence-electron chi connectivity index (χ2n) is 5.85. The lowest BCUT2D eigenvalue weighted by molar-refractivity contribution is 0.0943. The monoisotopic (exact) mass is 401 g/mol. The third kappa shape index (κ3) is 3.64. The van der Waals surface area contributed by atoms with Gasteiger partial charge in [-0.05, 0) is 42.5 Å². The molecule has 1 aromatic heterocycles. The van der Waals surface area contributed by atoms with Gasteiger partial charge in [-0.2, -0.15) is 9.67 Å². The number of carbonyl (C=O) groups excluding carboxylic acids is 1. The SMILES string of the molecule is COCCOc1nc(-c2ccc3c(c2)OCO3)n(C(=O)c2ccc(Cl)cc2)n1. The molecule has 1 aliphatic rings. The quantitative estimate of drug-likeness (QED) is 0.587. The van der Waals surface area contributed by atoms with E-state index in [2.05, 4.69) is 10.1 Å². The first-order chi connectivity index (χ1) is 13.7. The minimum Gasteiger partial charge on any atom is -0.460 e. The maximum absolute atomic E-state index is 13.0. The van der Waals surface area contributed by atoms with Crippen LogP contribution in [0.2, 0.25) is 5.02 Å². The van der Waals surface area contributed by atoms with Crippen LogP contribution in [0.15, 0.2) is 42.5 Å². The zero-order valence-electron chi connectivity index (χ0n) is 14.9. The molecule has 2 aromatic carbocycles. The van der Waals surface area contributed by atoms with E-state index in [0.717, 1.165) is 0 Å². The number of ether oxygens (including phenoxy) is 4. The predicted molar refractivity (Wildman–Crippen MR) is 100 cm³/mol. The summed E-state index contributed by atoms with van der Waals surface area (Å²) in [5, 5.41) is 4.76. The fourth-order valence-corrected chi connectivity index (χ4v) is 2.78. The summed E-state index contributed by atoms with van der Waals surface area (Å²) < 4.78 is 22.4. The number of methoxy groups -OCH3 is 1. The average molecular weight is 402 g/mol. The van der Waals surface area contributed by atoms with Gasteiger partial charge in [0.1, 0.15) is 6.61 Å². The van der Waals surface area contributed by atoms with Crippen molar-refractivity contribution in [2.45, 2.75) is 0 Å². The van der Waals surface area contributed by atoms with Crippen molar-refractivity contribution in [2.24, 2.45) is 0 Å². The molecular formula is C19H16ClN3O5. The van der Waals surface area contributed by atoms with E-state index in [1.807, 2.05) is 0 Å².